The SMILES string of the molecule is Cc1noc(C2CCCN(C3CCN(C(=O)c4ccc(C(C)(C)C)cc4)CC3)C2)n1. The van der Waals surface area contributed by atoms with Crippen LogP contribution in [0.5, 0.6) is 0 Å². The van der Waals surface area contributed by atoms with Crippen LogP contribution >= 0.6 is 0 Å². The number of aryl methyl sites for hydroxylation is 1. The van der Waals surface area contributed by atoms with Gasteiger partial charge in [0.25, 0.3) is 5.91 Å². The molecule has 1 unspecified atom stereocenters. The van der Waals surface area contributed by atoms with Crippen molar-refractivity contribution >= 4 is 5.91 Å². The first-order chi connectivity index (χ1) is 14.3. The highest BCUT2D eigenvalue weighted by atomic mass is 16.5. The molecule has 0 spiro atoms. The van der Waals surface area contributed by atoms with Gasteiger partial charge in [-0.05, 0) is 62.3 Å². The number of amides is 1. The number of benzene rings is 1. The Hall–Kier alpha value is -2.21. The molecule has 0 N–H and O–H groups in total. The van der Waals surface area contributed by atoms with E-state index in [1.807, 2.05) is 24.0 Å². The summed E-state index contributed by atoms with van der Waals surface area (Å²) in [6.07, 6.45) is 4.33. The topological polar surface area (TPSA) is 62.5 Å². The molecular formula is C24H34N4O2. The summed E-state index contributed by atoms with van der Waals surface area (Å²) >= 11 is 0. The van der Waals surface area contributed by atoms with Gasteiger partial charge in [0.1, 0.15) is 0 Å². The lowest BCUT2D eigenvalue weighted by atomic mass is 9.86. The van der Waals surface area contributed by atoms with E-state index in [4.69, 9.17) is 4.52 Å². The minimum atomic E-state index is 0.103. The van der Waals surface area contributed by atoms with Crippen LogP contribution in [0.25, 0.3) is 0 Å². The Morgan fingerprint density at radius 3 is 2.37 bits per heavy atom. The summed E-state index contributed by atoms with van der Waals surface area (Å²) in [5, 5.41) is 3.96. The van der Waals surface area contributed by atoms with Crippen molar-refractivity contribution in [1.29, 1.82) is 0 Å². The molecule has 0 aliphatic carbocycles. The minimum absolute atomic E-state index is 0.103. The Bertz CT molecular complexity index is 860. The Morgan fingerprint density at radius 1 is 1.07 bits per heavy atom. The standard InChI is InChI=1S/C24H34N4O2/c1-17-25-22(30-26-17)19-6-5-13-28(16-19)21-11-14-27(15-12-21)23(29)18-7-9-20(10-8-18)24(2,3)4/h7-10,19,21H,5-6,11-16H2,1-4H3. The molecule has 2 fully saturated rings. The smallest absolute Gasteiger partial charge is 0.253 e. The number of rotatable bonds is 3. The van der Waals surface area contributed by atoms with Crippen LogP contribution in [0.1, 0.15) is 80.0 Å². The minimum Gasteiger partial charge on any atom is -0.339 e. The van der Waals surface area contributed by atoms with Gasteiger partial charge in [0.15, 0.2) is 5.82 Å². The van der Waals surface area contributed by atoms with Crippen molar-refractivity contribution in [2.75, 3.05) is 26.2 Å². The fraction of sp³-hybridized carbons (Fsp3) is 0.625. The Morgan fingerprint density at radius 2 is 1.77 bits per heavy atom. The number of carbonyl (C=O) groups is 1. The quantitative estimate of drug-likeness (QED) is 0.760. The molecule has 1 amide bonds. The van der Waals surface area contributed by atoms with Gasteiger partial charge in [-0.3, -0.25) is 9.69 Å². The van der Waals surface area contributed by atoms with Crippen molar-refractivity contribution in [2.45, 2.75) is 70.8 Å². The third-order valence-corrected chi connectivity index (χ3v) is 6.61. The Labute approximate surface area is 179 Å². The van der Waals surface area contributed by atoms with Crippen LogP contribution in [0.4, 0.5) is 0 Å². The van der Waals surface area contributed by atoms with Gasteiger partial charge < -0.3 is 9.42 Å². The molecule has 0 bridgehead atoms. The lowest BCUT2D eigenvalue weighted by Crippen LogP contribution is -2.49. The van der Waals surface area contributed by atoms with Crippen LogP contribution in [-0.4, -0.2) is 58.1 Å². The number of hydrogen-bond acceptors (Lipinski definition) is 5. The molecule has 30 heavy (non-hydrogen) atoms. The zero-order chi connectivity index (χ0) is 21.3. The van der Waals surface area contributed by atoms with E-state index in [1.54, 1.807) is 0 Å². The molecule has 2 saturated heterocycles. The average molecular weight is 411 g/mol. The zero-order valence-corrected chi connectivity index (χ0v) is 18.7. The molecule has 1 atom stereocenters. The predicted molar refractivity (Wildman–Crippen MR) is 117 cm³/mol. The van der Waals surface area contributed by atoms with E-state index >= 15 is 0 Å². The van der Waals surface area contributed by atoms with Crippen molar-refractivity contribution in [3.63, 3.8) is 0 Å². The predicted octanol–water partition coefficient (Wildman–Crippen LogP) is 4.16. The van der Waals surface area contributed by atoms with E-state index in [0.717, 1.165) is 63.3 Å². The molecule has 2 aromatic rings. The number of aromatic nitrogens is 2. The largest absolute Gasteiger partial charge is 0.339 e. The second kappa shape index (κ2) is 8.50. The molecule has 1 aromatic heterocycles. The first kappa shape index (κ1) is 21.0. The average Bonchev–Trinajstić information content (AvgIpc) is 3.19. The monoisotopic (exact) mass is 410 g/mol. The van der Waals surface area contributed by atoms with Crippen molar-refractivity contribution < 1.29 is 9.32 Å². The van der Waals surface area contributed by atoms with Crippen molar-refractivity contribution in [2.24, 2.45) is 0 Å². The van der Waals surface area contributed by atoms with E-state index in [2.05, 4.69) is 47.9 Å². The van der Waals surface area contributed by atoms with E-state index in [-0.39, 0.29) is 11.3 Å². The molecule has 2 aliphatic heterocycles. The van der Waals surface area contributed by atoms with Gasteiger partial charge in [-0.2, -0.15) is 4.98 Å². The summed E-state index contributed by atoms with van der Waals surface area (Å²) in [5.74, 6) is 1.99. The maximum Gasteiger partial charge on any atom is 0.253 e. The Kier molecular flexibility index (Phi) is 5.96. The molecule has 2 aliphatic rings. The molecule has 0 saturated carbocycles. The summed E-state index contributed by atoms with van der Waals surface area (Å²) in [4.78, 5) is 22.0. The molecule has 3 heterocycles. The number of piperidine rings is 2. The van der Waals surface area contributed by atoms with Gasteiger partial charge in [-0.15, -0.1) is 0 Å². The normalized spacial score (nSPS) is 21.7. The van der Waals surface area contributed by atoms with Crippen LogP contribution in [-0.2, 0) is 5.41 Å². The molecule has 0 radical (unpaired) electrons. The van der Waals surface area contributed by atoms with Gasteiger partial charge in [0, 0.05) is 31.2 Å². The van der Waals surface area contributed by atoms with Gasteiger partial charge in [0.2, 0.25) is 5.89 Å². The molecule has 162 valence electrons. The van der Waals surface area contributed by atoms with E-state index in [1.165, 1.54) is 5.56 Å². The van der Waals surface area contributed by atoms with Crippen LogP contribution in [0, 0.1) is 6.92 Å². The molecule has 1 aromatic carbocycles. The van der Waals surface area contributed by atoms with E-state index in [9.17, 15) is 4.79 Å². The molecular weight excluding hydrogens is 376 g/mol. The van der Waals surface area contributed by atoms with Crippen molar-refractivity contribution in [3.05, 3.63) is 47.1 Å². The van der Waals surface area contributed by atoms with Gasteiger partial charge >= 0.3 is 0 Å². The maximum absolute atomic E-state index is 13.0. The molecule has 6 heteroatoms. The third kappa shape index (κ3) is 4.59. The molecule has 4 rings (SSSR count). The van der Waals surface area contributed by atoms with Crippen LogP contribution in [0.3, 0.4) is 0 Å². The summed E-state index contributed by atoms with van der Waals surface area (Å²) in [5.41, 5.74) is 2.16. The number of nitrogens with zero attached hydrogens (tertiary/aromatic N) is 4. The van der Waals surface area contributed by atoms with Gasteiger partial charge in [-0.1, -0.05) is 38.1 Å². The zero-order valence-electron chi connectivity index (χ0n) is 18.7. The Balaban J connectivity index is 1.32. The lowest BCUT2D eigenvalue weighted by Gasteiger charge is -2.41. The lowest BCUT2D eigenvalue weighted by molar-refractivity contribution is 0.0558. The summed E-state index contributed by atoms with van der Waals surface area (Å²) < 4.78 is 5.43. The summed E-state index contributed by atoms with van der Waals surface area (Å²) in [7, 11) is 0. The fourth-order valence-electron chi connectivity index (χ4n) is 4.75. The fourth-order valence-corrected chi connectivity index (χ4v) is 4.75. The third-order valence-electron chi connectivity index (χ3n) is 6.61. The van der Waals surface area contributed by atoms with Crippen molar-refractivity contribution in [1.82, 2.24) is 19.9 Å². The number of likely N-dealkylation sites (tertiary alicyclic amines) is 2. The number of hydrogen-bond donors (Lipinski definition) is 0. The number of carbonyl (C=O) groups excluding carboxylic acids is 1. The molecule has 6 nitrogen and oxygen atoms in total. The van der Waals surface area contributed by atoms with Crippen LogP contribution < -0.4 is 0 Å². The van der Waals surface area contributed by atoms with E-state index in [0.29, 0.717) is 17.8 Å². The van der Waals surface area contributed by atoms with E-state index < -0.39 is 0 Å². The highest BCUT2D eigenvalue weighted by molar-refractivity contribution is 5.94. The van der Waals surface area contributed by atoms with Gasteiger partial charge in [-0.25, -0.2) is 0 Å². The van der Waals surface area contributed by atoms with Gasteiger partial charge in [0.05, 0.1) is 5.92 Å². The second-order valence-electron chi connectivity index (χ2n) is 9.86. The van der Waals surface area contributed by atoms with Crippen LogP contribution in [0.2, 0.25) is 0 Å². The first-order valence-electron chi connectivity index (χ1n) is 11.3. The summed E-state index contributed by atoms with van der Waals surface area (Å²) in [6.45, 7) is 12.2. The summed E-state index contributed by atoms with van der Waals surface area (Å²) in [6, 6.07) is 8.68. The highest BCUT2D eigenvalue weighted by Gasteiger charge is 2.32. The maximum atomic E-state index is 13.0. The highest BCUT2D eigenvalue weighted by Crippen LogP contribution is 2.30. The second-order valence-corrected chi connectivity index (χ2v) is 9.86. The first-order valence-corrected chi connectivity index (χ1v) is 11.3. The van der Waals surface area contributed by atoms with Crippen molar-refractivity contribution in [3.8, 4) is 0 Å². The van der Waals surface area contributed by atoms with Crippen LogP contribution in [0.15, 0.2) is 28.8 Å².